The van der Waals surface area contributed by atoms with E-state index in [-0.39, 0.29) is 34.2 Å². The van der Waals surface area contributed by atoms with E-state index in [4.69, 9.17) is 0 Å². The number of benzene rings is 1. The molecule has 0 spiro atoms. The highest BCUT2D eigenvalue weighted by atomic mass is 19.4. The number of anilines is 1. The van der Waals surface area contributed by atoms with E-state index in [2.05, 4.69) is 15.4 Å². The second kappa shape index (κ2) is 7.38. The van der Waals surface area contributed by atoms with Crippen LogP contribution in [0.5, 0.6) is 5.75 Å². The molecule has 3 aromatic rings. The fraction of sp³-hybridized carbons (Fsp3) is 0.158. The van der Waals surface area contributed by atoms with Crippen molar-refractivity contribution in [2.45, 2.75) is 20.0 Å². The molecule has 1 amide bonds. The molecule has 0 aliphatic carbocycles. The number of carbonyl (C=O) groups is 2. The minimum atomic E-state index is -4.53. The van der Waals surface area contributed by atoms with Gasteiger partial charge in [-0.1, -0.05) is 6.07 Å². The molecule has 0 saturated heterocycles. The molecular formula is C19H15F3N4O3. The number of halogens is 3. The predicted molar refractivity (Wildman–Crippen MR) is 96.9 cm³/mol. The smallest absolute Gasteiger partial charge is 0.416 e. The number of aryl methyl sites for hydroxylation is 1. The SMILES string of the molecule is Cc1nn(-c2cccc(C(F)(F)F)c2)c(C)c1C(=O)C(=O)Nc1ncccc1O. The number of hydrogen-bond donors (Lipinski definition) is 2. The lowest BCUT2D eigenvalue weighted by Gasteiger charge is -2.10. The summed E-state index contributed by atoms with van der Waals surface area (Å²) in [7, 11) is 0. The average Bonchev–Trinajstić information content (AvgIpc) is 2.96. The molecule has 0 fully saturated rings. The van der Waals surface area contributed by atoms with Crippen LogP contribution in [0.3, 0.4) is 0 Å². The number of nitrogens with one attached hydrogen (secondary N) is 1. The van der Waals surface area contributed by atoms with Crippen molar-refractivity contribution in [1.82, 2.24) is 14.8 Å². The Balaban J connectivity index is 1.95. The monoisotopic (exact) mass is 404 g/mol. The first-order valence-corrected chi connectivity index (χ1v) is 8.33. The minimum absolute atomic E-state index is 0.0460. The third kappa shape index (κ3) is 3.96. The van der Waals surface area contributed by atoms with Crippen LogP contribution in [-0.4, -0.2) is 31.6 Å². The van der Waals surface area contributed by atoms with Crippen LogP contribution in [-0.2, 0) is 11.0 Å². The Morgan fingerprint density at radius 2 is 1.86 bits per heavy atom. The molecule has 0 bridgehead atoms. The summed E-state index contributed by atoms with van der Waals surface area (Å²) in [6.45, 7) is 2.94. The first-order chi connectivity index (χ1) is 13.6. The van der Waals surface area contributed by atoms with Crippen molar-refractivity contribution in [2.24, 2.45) is 0 Å². The highest BCUT2D eigenvalue weighted by Gasteiger charge is 2.31. The summed E-state index contributed by atoms with van der Waals surface area (Å²) < 4.78 is 40.1. The van der Waals surface area contributed by atoms with Gasteiger partial charge in [0.1, 0.15) is 0 Å². The number of Topliss-reactive ketones (excluding diaryl/α,β-unsaturated/α-hetero) is 1. The maximum absolute atomic E-state index is 13.0. The summed E-state index contributed by atoms with van der Waals surface area (Å²) in [6.07, 6.45) is -3.21. The predicted octanol–water partition coefficient (Wildman–Crippen LogP) is 3.43. The van der Waals surface area contributed by atoms with Crippen molar-refractivity contribution in [3.8, 4) is 11.4 Å². The molecule has 0 aliphatic heterocycles. The fourth-order valence-corrected chi connectivity index (χ4v) is 2.81. The number of pyridine rings is 1. The third-order valence-corrected chi connectivity index (χ3v) is 4.16. The summed E-state index contributed by atoms with van der Waals surface area (Å²) in [5, 5.41) is 16.0. The third-order valence-electron chi connectivity index (χ3n) is 4.16. The van der Waals surface area contributed by atoms with Crippen LogP contribution < -0.4 is 5.32 Å². The normalized spacial score (nSPS) is 11.3. The molecule has 0 atom stereocenters. The van der Waals surface area contributed by atoms with Crippen LogP contribution in [0.1, 0.15) is 27.3 Å². The molecule has 10 heteroatoms. The second-order valence-electron chi connectivity index (χ2n) is 6.16. The Bertz CT molecular complexity index is 1110. The summed E-state index contributed by atoms with van der Waals surface area (Å²) in [5.41, 5.74) is -0.436. The molecule has 150 valence electrons. The zero-order valence-electron chi connectivity index (χ0n) is 15.3. The maximum atomic E-state index is 13.0. The zero-order valence-corrected chi connectivity index (χ0v) is 15.3. The van der Waals surface area contributed by atoms with E-state index in [1.165, 1.54) is 49.0 Å². The van der Waals surface area contributed by atoms with E-state index < -0.39 is 23.4 Å². The van der Waals surface area contributed by atoms with Gasteiger partial charge < -0.3 is 10.4 Å². The average molecular weight is 404 g/mol. The molecule has 2 N–H and O–H groups in total. The van der Waals surface area contributed by atoms with Gasteiger partial charge in [-0.2, -0.15) is 18.3 Å². The Morgan fingerprint density at radius 1 is 1.14 bits per heavy atom. The van der Waals surface area contributed by atoms with E-state index in [0.717, 1.165) is 12.1 Å². The van der Waals surface area contributed by atoms with Crippen LogP contribution in [0.4, 0.5) is 19.0 Å². The van der Waals surface area contributed by atoms with Gasteiger partial charge in [0.15, 0.2) is 11.6 Å². The lowest BCUT2D eigenvalue weighted by Crippen LogP contribution is -2.24. The molecule has 2 aromatic heterocycles. The standard InChI is InChI=1S/C19H15F3N4O3/c1-10-15(16(28)18(29)24-17-14(27)7-4-8-23-17)11(2)26(25-10)13-6-3-5-12(9-13)19(20,21)22/h3-9,27H,1-2H3,(H,23,24,29). The van der Waals surface area contributed by atoms with Gasteiger partial charge in [0, 0.05) is 6.20 Å². The van der Waals surface area contributed by atoms with Crippen LogP contribution in [0.25, 0.3) is 5.69 Å². The molecule has 1 aromatic carbocycles. The number of nitrogens with zero attached hydrogens (tertiary/aromatic N) is 3. The largest absolute Gasteiger partial charge is 0.504 e. The molecule has 0 aliphatic rings. The van der Waals surface area contributed by atoms with Crippen LogP contribution in [0.2, 0.25) is 0 Å². The Labute approximate surface area is 162 Å². The summed E-state index contributed by atoms with van der Waals surface area (Å²) in [4.78, 5) is 28.7. The fourth-order valence-electron chi connectivity index (χ4n) is 2.81. The van der Waals surface area contributed by atoms with Crippen LogP contribution in [0.15, 0.2) is 42.6 Å². The van der Waals surface area contributed by atoms with Crippen molar-refractivity contribution in [3.05, 3.63) is 65.1 Å². The van der Waals surface area contributed by atoms with Crippen LogP contribution >= 0.6 is 0 Å². The number of aromatic nitrogens is 3. The van der Waals surface area contributed by atoms with Gasteiger partial charge in [-0.3, -0.25) is 9.59 Å². The van der Waals surface area contributed by atoms with Gasteiger partial charge in [0.2, 0.25) is 0 Å². The van der Waals surface area contributed by atoms with Crippen molar-refractivity contribution >= 4 is 17.5 Å². The number of hydrogen-bond acceptors (Lipinski definition) is 5. The van der Waals surface area contributed by atoms with Gasteiger partial charge in [0.05, 0.1) is 28.2 Å². The zero-order chi connectivity index (χ0) is 21.3. The lowest BCUT2D eigenvalue weighted by molar-refractivity contribution is -0.137. The van der Waals surface area contributed by atoms with Gasteiger partial charge in [0.25, 0.3) is 11.7 Å². The van der Waals surface area contributed by atoms with E-state index in [1.807, 2.05) is 0 Å². The number of amides is 1. The van der Waals surface area contributed by atoms with Gasteiger partial charge in [-0.05, 0) is 44.2 Å². The summed E-state index contributed by atoms with van der Waals surface area (Å²) in [6, 6.07) is 7.20. The molecule has 3 rings (SSSR count). The first-order valence-electron chi connectivity index (χ1n) is 8.33. The number of carbonyl (C=O) groups excluding carboxylic acids is 2. The van der Waals surface area contributed by atoms with E-state index in [1.54, 1.807) is 0 Å². The Kier molecular flexibility index (Phi) is 5.10. The molecule has 0 unspecified atom stereocenters. The van der Waals surface area contributed by atoms with E-state index >= 15 is 0 Å². The minimum Gasteiger partial charge on any atom is -0.504 e. The number of alkyl halides is 3. The number of ketones is 1. The Hall–Kier alpha value is -3.69. The summed E-state index contributed by atoms with van der Waals surface area (Å²) >= 11 is 0. The van der Waals surface area contributed by atoms with Gasteiger partial charge >= 0.3 is 6.18 Å². The van der Waals surface area contributed by atoms with Crippen molar-refractivity contribution in [2.75, 3.05) is 5.32 Å². The molecule has 0 saturated carbocycles. The Morgan fingerprint density at radius 3 is 2.52 bits per heavy atom. The highest BCUT2D eigenvalue weighted by Crippen LogP contribution is 2.31. The highest BCUT2D eigenvalue weighted by molar-refractivity contribution is 6.47. The van der Waals surface area contributed by atoms with Gasteiger partial charge in [-0.25, -0.2) is 9.67 Å². The summed E-state index contributed by atoms with van der Waals surface area (Å²) in [5.74, 6) is -2.52. The maximum Gasteiger partial charge on any atom is 0.416 e. The van der Waals surface area contributed by atoms with Crippen molar-refractivity contribution in [1.29, 1.82) is 0 Å². The molecule has 29 heavy (non-hydrogen) atoms. The van der Waals surface area contributed by atoms with Crippen LogP contribution in [0, 0.1) is 13.8 Å². The van der Waals surface area contributed by atoms with E-state index in [0.29, 0.717) is 0 Å². The first kappa shape index (κ1) is 20.1. The van der Waals surface area contributed by atoms with E-state index in [9.17, 15) is 27.9 Å². The van der Waals surface area contributed by atoms with Crippen molar-refractivity contribution < 1.29 is 27.9 Å². The van der Waals surface area contributed by atoms with Crippen molar-refractivity contribution in [3.63, 3.8) is 0 Å². The molecule has 0 radical (unpaired) electrons. The molecule has 7 nitrogen and oxygen atoms in total. The lowest BCUT2D eigenvalue weighted by atomic mass is 10.1. The van der Waals surface area contributed by atoms with Gasteiger partial charge in [-0.15, -0.1) is 0 Å². The quantitative estimate of drug-likeness (QED) is 0.513. The number of rotatable bonds is 4. The molecule has 2 heterocycles. The molecular weight excluding hydrogens is 389 g/mol. The number of aromatic hydroxyl groups is 1. The second-order valence-corrected chi connectivity index (χ2v) is 6.16. The topological polar surface area (TPSA) is 97.1 Å².